The monoisotopic (exact) mass is 442 g/mol. The molecule has 0 aliphatic heterocycles. The smallest absolute Gasteiger partial charge is 0.306 e. The fourth-order valence-electron chi connectivity index (χ4n) is 4.24. The summed E-state index contributed by atoms with van der Waals surface area (Å²) in [5, 5.41) is 21.6. The maximum absolute atomic E-state index is 12.5. The first-order chi connectivity index (χ1) is 14.2. The zero-order chi connectivity index (χ0) is 22.3. The lowest BCUT2D eigenvalue weighted by Gasteiger charge is -2.38. The molecule has 0 spiro atoms. The average molecular weight is 443 g/mol. The minimum absolute atomic E-state index is 0.0189. The number of hydrogen-bond acceptors (Lipinski definition) is 7. The highest BCUT2D eigenvalue weighted by atomic mass is 32.2. The first kappa shape index (κ1) is 24.2. The number of nitrogens with zero attached hydrogens (tertiary/aromatic N) is 1. The molecule has 30 heavy (non-hydrogen) atoms. The number of nitro benzene ring substituents is 1. The van der Waals surface area contributed by atoms with E-state index < -0.39 is 26.7 Å². The summed E-state index contributed by atoms with van der Waals surface area (Å²) in [4.78, 5) is 21.9. The largest absolute Gasteiger partial charge is 0.466 e. The molecule has 0 heterocycles. The highest BCUT2D eigenvalue weighted by molar-refractivity contribution is 7.89. The highest BCUT2D eigenvalue weighted by Crippen LogP contribution is 2.38. The molecule has 1 aliphatic carbocycles. The van der Waals surface area contributed by atoms with Gasteiger partial charge in [-0.1, -0.05) is 19.1 Å². The Morgan fingerprint density at radius 3 is 2.70 bits per heavy atom. The van der Waals surface area contributed by atoms with Crippen LogP contribution in [-0.4, -0.2) is 43.7 Å². The van der Waals surface area contributed by atoms with Gasteiger partial charge in [-0.05, 0) is 56.4 Å². The topological polar surface area (TPSA) is 136 Å². The number of carbonyl (C=O) groups excluding carboxylic acids is 1. The van der Waals surface area contributed by atoms with E-state index in [9.17, 15) is 28.4 Å². The molecule has 2 rings (SSSR count). The minimum Gasteiger partial charge on any atom is -0.466 e. The van der Waals surface area contributed by atoms with Crippen LogP contribution in [0.3, 0.4) is 0 Å². The summed E-state index contributed by atoms with van der Waals surface area (Å²) in [6.07, 6.45) is 2.11. The van der Waals surface area contributed by atoms with Crippen LogP contribution in [0.15, 0.2) is 29.2 Å². The van der Waals surface area contributed by atoms with E-state index in [0.717, 1.165) is 12.5 Å². The van der Waals surface area contributed by atoms with Crippen LogP contribution in [-0.2, 0) is 19.6 Å². The SMILES string of the molecule is CCOC(=O)C[C@H]1C[C@@H](C)C[C@H](O)[C@@H]1CCCNS(=O)(=O)c1ccccc1[N+](=O)[O-]. The third-order valence-corrected chi connectivity index (χ3v) is 7.05. The summed E-state index contributed by atoms with van der Waals surface area (Å²) in [6, 6.07) is 5.18. The standard InChI is InChI=1S/C20H30N2O7S/c1-3-29-20(24)13-15-11-14(2)12-18(23)16(15)7-6-10-21-30(27,28)19-9-5-4-8-17(19)22(25)26/h4-5,8-9,14-16,18,21,23H,3,6-7,10-13H2,1-2H3/t14-,15-,16-,18+/m1/s1. The van der Waals surface area contributed by atoms with E-state index in [1.807, 2.05) is 6.92 Å². The van der Waals surface area contributed by atoms with Crippen molar-refractivity contribution in [2.24, 2.45) is 17.8 Å². The van der Waals surface area contributed by atoms with Crippen LogP contribution >= 0.6 is 0 Å². The lowest BCUT2D eigenvalue weighted by atomic mass is 9.70. The quantitative estimate of drug-likeness (QED) is 0.246. The Balaban J connectivity index is 1.97. The van der Waals surface area contributed by atoms with Crippen LogP contribution in [0.25, 0.3) is 0 Å². The Labute approximate surface area is 177 Å². The van der Waals surface area contributed by atoms with Crippen molar-refractivity contribution >= 4 is 21.7 Å². The molecule has 0 aromatic heterocycles. The molecule has 10 heteroatoms. The summed E-state index contributed by atoms with van der Waals surface area (Å²) < 4.78 is 32.4. The summed E-state index contributed by atoms with van der Waals surface area (Å²) >= 11 is 0. The molecular formula is C20H30N2O7S. The van der Waals surface area contributed by atoms with Crippen LogP contribution in [0.1, 0.15) is 46.0 Å². The van der Waals surface area contributed by atoms with Crippen LogP contribution < -0.4 is 4.72 Å². The summed E-state index contributed by atoms with van der Waals surface area (Å²) in [5.74, 6) is -0.130. The van der Waals surface area contributed by atoms with Crippen molar-refractivity contribution in [1.82, 2.24) is 4.72 Å². The fourth-order valence-corrected chi connectivity index (χ4v) is 5.49. The number of hydrogen-bond donors (Lipinski definition) is 2. The summed E-state index contributed by atoms with van der Waals surface area (Å²) in [6.45, 7) is 4.18. The molecule has 1 aromatic carbocycles. The van der Waals surface area contributed by atoms with E-state index in [1.54, 1.807) is 6.92 Å². The number of carbonyl (C=O) groups is 1. The van der Waals surface area contributed by atoms with Gasteiger partial charge in [0.1, 0.15) is 0 Å². The molecule has 1 fully saturated rings. The maximum atomic E-state index is 12.5. The van der Waals surface area contributed by atoms with E-state index in [-0.39, 0.29) is 35.7 Å². The van der Waals surface area contributed by atoms with Crippen molar-refractivity contribution in [3.63, 3.8) is 0 Å². The first-order valence-corrected chi connectivity index (χ1v) is 11.7. The van der Waals surface area contributed by atoms with E-state index >= 15 is 0 Å². The number of aliphatic hydroxyl groups excluding tert-OH is 1. The van der Waals surface area contributed by atoms with E-state index in [2.05, 4.69) is 4.72 Å². The molecule has 2 N–H and O–H groups in total. The molecule has 0 amide bonds. The number of ether oxygens (including phenoxy) is 1. The number of nitrogens with one attached hydrogen (secondary N) is 1. The fraction of sp³-hybridized carbons (Fsp3) is 0.650. The number of rotatable bonds is 10. The third-order valence-electron chi connectivity index (χ3n) is 5.54. The van der Waals surface area contributed by atoms with Gasteiger partial charge in [0.05, 0.1) is 17.6 Å². The van der Waals surface area contributed by atoms with Gasteiger partial charge in [-0.3, -0.25) is 14.9 Å². The molecular weight excluding hydrogens is 412 g/mol. The Kier molecular flexibility index (Phi) is 8.75. The molecule has 1 aromatic rings. The Bertz CT molecular complexity index is 843. The lowest BCUT2D eigenvalue weighted by molar-refractivity contribution is -0.387. The number of nitro groups is 1. The molecule has 4 atom stereocenters. The van der Waals surface area contributed by atoms with Crippen LogP contribution in [0.4, 0.5) is 5.69 Å². The predicted molar refractivity (Wildman–Crippen MR) is 110 cm³/mol. The molecule has 168 valence electrons. The molecule has 0 saturated heterocycles. The molecule has 1 aliphatic rings. The van der Waals surface area contributed by atoms with Crippen LogP contribution in [0, 0.1) is 27.9 Å². The first-order valence-electron chi connectivity index (χ1n) is 10.2. The van der Waals surface area contributed by atoms with Gasteiger partial charge in [0.15, 0.2) is 4.90 Å². The Morgan fingerprint density at radius 2 is 2.03 bits per heavy atom. The zero-order valence-electron chi connectivity index (χ0n) is 17.3. The van der Waals surface area contributed by atoms with Gasteiger partial charge in [0, 0.05) is 19.0 Å². The number of aliphatic hydroxyl groups is 1. The number of benzene rings is 1. The van der Waals surface area contributed by atoms with Crippen molar-refractivity contribution in [2.45, 2.75) is 57.0 Å². The van der Waals surface area contributed by atoms with Crippen LogP contribution in [0.2, 0.25) is 0 Å². The molecule has 0 radical (unpaired) electrons. The average Bonchev–Trinajstić information content (AvgIpc) is 2.66. The summed E-state index contributed by atoms with van der Waals surface area (Å²) in [7, 11) is -4.03. The minimum atomic E-state index is -4.03. The second kappa shape index (κ2) is 10.8. The highest BCUT2D eigenvalue weighted by Gasteiger charge is 2.36. The van der Waals surface area contributed by atoms with Gasteiger partial charge < -0.3 is 9.84 Å². The van der Waals surface area contributed by atoms with Crippen molar-refractivity contribution in [1.29, 1.82) is 0 Å². The van der Waals surface area contributed by atoms with Gasteiger partial charge in [-0.15, -0.1) is 0 Å². The zero-order valence-corrected chi connectivity index (χ0v) is 18.1. The number of esters is 1. The van der Waals surface area contributed by atoms with E-state index in [1.165, 1.54) is 18.2 Å². The van der Waals surface area contributed by atoms with Crippen molar-refractivity contribution in [2.75, 3.05) is 13.2 Å². The van der Waals surface area contributed by atoms with Crippen molar-refractivity contribution < 1.29 is 28.0 Å². The predicted octanol–water partition coefficient (Wildman–Crippen LogP) is 2.63. The van der Waals surface area contributed by atoms with Gasteiger partial charge >= 0.3 is 5.97 Å². The van der Waals surface area contributed by atoms with Gasteiger partial charge in [0.2, 0.25) is 10.0 Å². The van der Waals surface area contributed by atoms with Gasteiger partial charge in [-0.25, -0.2) is 13.1 Å². The van der Waals surface area contributed by atoms with Gasteiger partial charge in [-0.2, -0.15) is 0 Å². The van der Waals surface area contributed by atoms with E-state index in [4.69, 9.17) is 4.74 Å². The Morgan fingerprint density at radius 1 is 1.33 bits per heavy atom. The molecule has 1 saturated carbocycles. The molecule has 0 unspecified atom stereocenters. The second-order valence-corrected chi connectivity index (χ2v) is 9.58. The summed E-state index contributed by atoms with van der Waals surface area (Å²) in [5.41, 5.74) is -0.476. The molecule has 0 bridgehead atoms. The van der Waals surface area contributed by atoms with Crippen LogP contribution in [0.5, 0.6) is 0 Å². The third kappa shape index (κ3) is 6.48. The normalized spacial score (nSPS) is 24.4. The van der Waals surface area contributed by atoms with E-state index in [0.29, 0.717) is 31.8 Å². The lowest BCUT2D eigenvalue weighted by Crippen LogP contribution is -2.37. The van der Waals surface area contributed by atoms with Crippen molar-refractivity contribution in [3.8, 4) is 0 Å². The van der Waals surface area contributed by atoms with Gasteiger partial charge in [0.25, 0.3) is 5.69 Å². The van der Waals surface area contributed by atoms with Crippen molar-refractivity contribution in [3.05, 3.63) is 34.4 Å². The molecule has 9 nitrogen and oxygen atoms in total. The Hall–Kier alpha value is -2.04. The number of para-hydroxylation sites is 1. The number of sulfonamides is 1. The second-order valence-electron chi connectivity index (χ2n) is 7.84. The maximum Gasteiger partial charge on any atom is 0.306 e.